The second kappa shape index (κ2) is 10.3. The zero-order valence-corrected chi connectivity index (χ0v) is 17.9. The van der Waals surface area contributed by atoms with Crippen molar-refractivity contribution in [3.05, 3.63) is 115 Å². The number of pyridine rings is 2. The zero-order chi connectivity index (χ0) is 21.3. The van der Waals surface area contributed by atoms with Crippen LogP contribution in [-0.2, 0) is 0 Å². The molecule has 0 unspecified atom stereocenters. The summed E-state index contributed by atoms with van der Waals surface area (Å²) in [6, 6.07) is 28.7. The van der Waals surface area contributed by atoms with Gasteiger partial charge in [0, 0.05) is 24.9 Å². The molecule has 2 aromatic carbocycles. The van der Waals surface area contributed by atoms with E-state index in [-0.39, 0.29) is 1.43 Å². The van der Waals surface area contributed by atoms with E-state index in [0.29, 0.717) is 5.92 Å². The fourth-order valence-corrected chi connectivity index (χ4v) is 3.04. The molecule has 2 heteroatoms. The summed E-state index contributed by atoms with van der Waals surface area (Å²) in [5, 5.41) is 0. The summed E-state index contributed by atoms with van der Waals surface area (Å²) in [5.74, 6) is 0.551. The predicted octanol–water partition coefficient (Wildman–Crippen LogP) is 7.90. The Hall–Kier alpha value is -3.52. The molecule has 0 aliphatic carbocycles. The molecule has 0 N–H and O–H groups in total. The van der Waals surface area contributed by atoms with Crippen molar-refractivity contribution in [3.8, 4) is 22.5 Å². The number of hydrogen-bond donors (Lipinski definition) is 0. The number of benzene rings is 2. The van der Waals surface area contributed by atoms with Gasteiger partial charge in [0.2, 0.25) is 0 Å². The van der Waals surface area contributed by atoms with E-state index in [4.69, 9.17) is 0 Å². The van der Waals surface area contributed by atoms with Crippen molar-refractivity contribution in [1.82, 2.24) is 9.97 Å². The van der Waals surface area contributed by atoms with Crippen molar-refractivity contribution in [1.29, 1.82) is 0 Å². The molecule has 30 heavy (non-hydrogen) atoms. The average Bonchev–Trinajstić information content (AvgIpc) is 2.81. The summed E-state index contributed by atoms with van der Waals surface area (Å²) >= 11 is 0. The molecule has 0 fully saturated rings. The second-order valence-electron chi connectivity index (χ2n) is 7.57. The molecule has 152 valence electrons. The van der Waals surface area contributed by atoms with Crippen LogP contribution in [0.3, 0.4) is 0 Å². The van der Waals surface area contributed by atoms with Crippen LogP contribution in [-0.4, -0.2) is 9.97 Å². The molecule has 0 aliphatic heterocycles. The predicted molar refractivity (Wildman–Crippen MR) is 130 cm³/mol. The van der Waals surface area contributed by atoms with E-state index in [9.17, 15) is 0 Å². The van der Waals surface area contributed by atoms with Gasteiger partial charge in [-0.05, 0) is 48.2 Å². The van der Waals surface area contributed by atoms with Gasteiger partial charge >= 0.3 is 0 Å². The van der Waals surface area contributed by atoms with Gasteiger partial charge in [-0.25, -0.2) is 0 Å². The Morgan fingerprint density at radius 3 is 1.73 bits per heavy atom. The molecule has 2 nitrogen and oxygen atoms in total. The van der Waals surface area contributed by atoms with E-state index in [1.807, 2.05) is 61.8 Å². The number of aromatic nitrogens is 2. The number of rotatable bonds is 4. The van der Waals surface area contributed by atoms with Crippen LogP contribution in [0.15, 0.2) is 104 Å². The quantitative estimate of drug-likeness (QED) is 0.351. The average molecular weight is 395 g/mol. The van der Waals surface area contributed by atoms with Gasteiger partial charge in [0.15, 0.2) is 0 Å². The fraction of sp³-hybridized carbons (Fsp3) is 0.143. The minimum absolute atomic E-state index is 0. The van der Waals surface area contributed by atoms with Crippen LogP contribution >= 0.6 is 0 Å². The smallest absolute Gasteiger partial charge is 0.0708 e. The Labute approximate surface area is 181 Å². The van der Waals surface area contributed by atoms with E-state index >= 15 is 0 Å². The largest absolute Gasteiger partial charge is 0.256 e. The third-order valence-electron chi connectivity index (χ3n) is 4.84. The van der Waals surface area contributed by atoms with Crippen LogP contribution in [0.4, 0.5) is 0 Å². The van der Waals surface area contributed by atoms with Crippen LogP contribution in [0.25, 0.3) is 28.1 Å². The van der Waals surface area contributed by atoms with E-state index < -0.39 is 0 Å². The summed E-state index contributed by atoms with van der Waals surface area (Å²) in [6.45, 7) is 10.3. The van der Waals surface area contributed by atoms with Crippen LogP contribution in [0, 0.1) is 0 Å². The second-order valence-corrected chi connectivity index (χ2v) is 7.57. The maximum absolute atomic E-state index is 4.39. The zero-order valence-electron chi connectivity index (χ0n) is 17.9. The first kappa shape index (κ1) is 21.2. The Kier molecular flexibility index (Phi) is 7.29. The van der Waals surface area contributed by atoms with Crippen molar-refractivity contribution in [2.24, 2.45) is 0 Å². The van der Waals surface area contributed by atoms with Crippen molar-refractivity contribution in [2.45, 2.75) is 26.7 Å². The molecule has 0 saturated heterocycles. The van der Waals surface area contributed by atoms with Gasteiger partial charge in [0.25, 0.3) is 0 Å². The first-order valence-electron chi connectivity index (χ1n) is 10.2. The maximum Gasteiger partial charge on any atom is 0.0708 e. The highest BCUT2D eigenvalue weighted by molar-refractivity contribution is 5.68. The van der Waals surface area contributed by atoms with Gasteiger partial charge in [-0.15, -0.1) is 0 Å². The molecule has 0 saturated carbocycles. The topological polar surface area (TPSA) is 25.8 Å². The summed E-state index contributed by atoms with van der Waals surface area (Å²) in [4.78, 5) is 8.74. The molecule has 4 rings (SSSR count). The van der Waals surface area contributed by atoms with Crippen LogP contribution in [0.1, 0.15) is 39.2 Å². The first-order valence-corrected chi connectivity index (χ1v) is 10.2. The third-order valence-corrected chi connectivity index (χ3v) is 4.84. The molecular weight excluding hydrogens is 364 g/mol. The summed E-state index contributed by atoms with van der Waals surface area (Å²) in [6.07, 6.45) is 3.71. The van der Waals surface area contributed by atoms with Gasteiger partial charge in [-0.1, -0.05) is 86.7 Å². The van der Waals surface area contributed by atoms with Gasteiger partial charge < -0.3 is 0 Å². The van der Waals surface area contributed by atoms with Crippen LogP contribution in [0.5, 0.6) is 0 Å². The van der Waals surface area contributed by atoms with Crippen molar-refractivity contribution in [3.63, 3.8) is 0 Å². The molecule has 2 aromatic heterocycles. The Morgan fingerprint density at radius 1 is 0.733 bits per heavy atom. The minimum Gasteiger partial charge on any atom is -0.256 e. The Balaban J connectivity index is 0.000000213. The van der Waals surface area contributed by atoms with Gasteiger partial charge in [-0.2, -0.15) is 0 Å². The monoisotopic (exact) mass is 394 g/mol. The first-order chi connectivity index (χ1) is 14.5. The lowest BCUT2D eigenvalue weighted by Crippen LogP contribution is -1.90. The summed E-state index contributed by atoms with van der Waals surface area (Å²) < 4.78 is 0. The van der Waals surface area contributed by atoms with Crippen molar-refractivity contribution in [2.75, 3.05) is 0 Å². The lowest BCUT2D eigenvalue weighted by atomic mass is 10.0. The molecule has 4 aromatic rings. The molecule has 0 bridgehead atoms. The van der Waals surface area contributed by atoms with Gasteiger partial charge in [0.1, 0.15) is 0 Å². The number of nitrogens with zero attached hydrogens (tertiary/aromatic N) is 2. The minimum atomic E-state index is 0. The third kappa shape index (κ3) is 5.74. The summed E-state index contributed by atoms with van der Waals surface area (Å²) in [5.41, 5.74) is 7.92. The van der Waals surface area contributed by atoms with Crippen LogP contribution in [0.2, 0.25) is 0 Å². The van der Waals surface area contributed by atoms with E-state index in [1.165, 1.54) is 11.1 Å². The SMILES string of the molecule is C=C(C)c1ccnc(-c2ccccc2)c1.CC(C)c1ccnc(-c2ccccc2)c1.[HH]. The van der Waals surface area contributed by atoms with Gasteiger partial charge in [0.05, 0.1) is 11.4 Å². The Morgan fingerprint density at radius 2 is 1.23 bits per heavy atom. The number of hydrogen-bond acceptors (Lipinski definition) is 2. The highest BCUT2D eigenvalue weighted by atomic mass is 14.7. The summed E-state index contributed by atoms with van der Waals surface area (Å²) in [7, 11) is 0. The number of allylic oxidation sites excluding steroid dienone is 1. The molecule has 2 heterocycles. The van der Waals surface area contributed by atoms with Crippen molar-refractivity contribution < 1.29 is 1.43 Å². The molecule has 0 radical (unpaired) electrons. The van der Waals surface area contributed by atoms with E-state index in [0.717, 1.165) is 28.1 Å². The van der Waals surface area contributed by atoms with E-state index in [2.05, 4.69) is 72.9 Å². The molecule has 0 aliphatic rings. The molecule has 0 atom stereocenters. The highest BCUT2D eigenvalue weighted by Gasteiger charge is 2.02. The lowest BCUT2D eigenvalue weighted by Gasteiger charge is -2.07. The maximum atomic E-state index is 4.39. The standard InChI is InChI=1S/C14H15N.C14H13N.H2/c2*1-11(2)13-8-9-15-14(10-13)12-6-4-3-5-7-12;/h3-11H,1-2H3;3-10H,1H2,2H3;1H. The molecular formula is C28H30N2. The van der Waals surface area contributed by atoms with Crippen LogP contribution < -0.4 is 0 Å². The van der Waals surface area contributed by atoms with Crippen molar-refractivity contribution >= 4 is 5.57 Å². The Bertz CT molecular complexity index is 1090. The van der Waals surface area contributed by atoms with Gasteiger partial charge in [-0.3, -0.25) is 9.97 Å². The fourth-order valence-electron chi connectivity index (χ4n) is 3.04. The molecule has 0 amide bonds. The highest BCUT2D eigenvalue weighted by Crippen LogP contribution is 2.21. The van der Waals surface area contributed by atoms with E-state index in [1.54, 1.807) is 0 Å². The molecule has 0 spiro atoms. The lowest BCUT2D eigenvalue weighted by molar-refractivity contribution is 0.864. The normalized spacial score (nSPS) is 10.3.